The third-order valence-corrected chi connectivity index (χ3v) is 4.10. The van der Waals surface area contributed by atoms with Crippen LogP contribution in [0.5, 0.6) is 0 Å². The molecule has 3 nitrogen and oxygen atoms in total. The lowest BCUT2D eigenvalue weighted by atomic mass is 10.2. The van der Waals surface area contributed by atoms with Gasteiger partial charge in [-0.25, -0.2) is 4.39 Å². The normalized spacial score (nSPS) is 10.7. The van der Waals surface area contributed by atoms with Gasteiger partial charge in [-0.1, -0.05) is 17.7 Å². The molecule has 102 valence electrons. The number of thiophene rings is 1. The number of hydrogen-bond donors (Lipinski definition) is 2. The van der Waals surface area contributed by atoms with Gasteiger partial charge >= 0.3 is 0 Å². The smallest absolute Gasteiger partial charge is 0.125 e. The molecule has 0 bridgehead atoms. The summed E-state index contributed by atoms with van der Waals surface area (Å²) in [7, 11) is 0. The maximum Gasteiger partial charge on any atom is 0.125 e. The summed E-state index contributed by atoms with van der Waals surface area (Å²) in [5, 5.41) is 12.7. The molecule has 0 saturated carbocycles. The first-order chi connectivity index (χ1) is 9.74. The highest BCUT2D eigenvalue weighted by Crippen LogP contribution is 2.27. The predicted octanol–water partition coefficient (Wildman–Crippen LogP) is 4.54. The van der Waals surface area contributed by atoms with E-state index in [1.807, 2.05) is 17.5 Å². The summed E-state index contributed by atoms with van der Waals surface area (Å²) in [5.41, 5.74) is 2.55. The van der Waals surface area contributed by atoms with Crippen LogP contribution in [0.4, 0.5) is 10.1 Å². The molecule has 0 atom stereocenters. The van der Waals surface area contributed by atoms with Gasteiger partial charge in [0.2, 0.25) is 0 Å². The van der Waals surface area contributed by atoms with Crippen LogP contribution in [0.1, 0.15) is 5.56 Å². The Morgan fingerprint density at radius 1 is 1.35 bits per heavy atom. The highest BCUT2D eigenvalue weighted by molar-refractivity contribution is 7.13. The fraction of sp³-hybridized carbons (Fsp3) is 0.0714. The predicted molar refractivity (Wildman–Crippen MR) is 80.6 cm³/mol. The largest absolute Gasteiger partial charge is 0.380 e. The molecule has 2 aromatic heterocycles. The molecule has 2 heterocycles. The molecular formula is C14H11ClFN3S. The Morgan fingerprint density at radius 2 is 2.25 bits per heavy atom. The second kappa shape index (κ2) is 5.64. The van der Waals surface area contributed by atoms with E-state index in [-0.39, 0.29) is 5.82 Å². The Kier molecular flexibility index (Phi) is 3.71. The molecule has 6 heteroatoms. The minimum absolute atomic E-state index is 0.317. The molecular weight excluding hydrogens is 297 g/mol. The molecule has 0 fully saturated rings. The van der Waals surface area contributed by atoms with Crippen LogP contribution in [0.3, 0.4) is 0 Å². The fourth-order valence-corrected chi connectivity index (χ4v) is 2.84. The Bertz CT molecular complexity index is 709. The van der Waals surface area contributed by atoms with Crippen molar-refractivity contribution < 1.29 is 4.39 Å². The minimum Gasteiger partial charge on any atom is -0.380 e. The monoisotopic (exact) mass is 307 g/mol. The standard InChI is InChI=1S/C14H11ClFN3S/c15-11-4-3-10(16)6-12(11)17-7-9-8-18-19-14(9)13-2-1-5-20-13/h1-6,8,17H,7H2,(H,18,19). The number of aromatic nitrogens is 2. The molecule has 3 rings (SSSR count). The van der Waals surface area contributed by atoms with E-state index in [0.29, 0.717) is 17.3 Å². The van der Waals surface area contributed by atoms with Gasteiger partial charge in [0.25, 0.3) is 0 Å². The van der Waals surface area contributed by atoms with Crippen LogP contribution in [-0.2, 0) is 6.54 Å². The molecule has 0 amide bonds. The summed E-state index contributed by atoms with van der Waals surface area (Å²) >= 11 is 7.66. The lowest BCUT2D eigenvalue weighted by molar-refractivity contribution is 0.628. The molecule has 2 N–H and O–H groups in total. The van der Waals surface area contributed by atoms with Gasteiger partial charge in [0.05, 0.1) is 27.5 Å². The molecule has 0 radical (unpaired) electrons. The first-order valence-electron chi connectivity index (χ1n) is 5.99. The van der Waals surface area contributed by atoms with Gasteiger partial charge in [0.1, 0.15) is 5.82 Å². The topological polar surface area (TPSA) is 40.7 Å². The number of halogens is 2. The van der Waals surface area contributed by atoms with E-state index in [1.165, 1.54) is 18.2 Å². The van der Waals surface area contributed by atoms with Gasteiger partial charge in [0, 0.05) is 12.1 Å². The third-order valence-electron chi connectivity index (χ3n) is 2.88. The van der Waals surface area contributed by atoms with Crippen LogP contribution >= 0.6 is 22.9 Å². The Hall–Kier alpha value is -1.85. The van der Waals surface area contributed by atoms with Gasteiger partial charge in [-0.3, -0.25) is 5.10 Å². The van der Waals surface area contributed by atoms with Crippen LogP contribution in [0.15, 0.2) is 41.9 Å². The molecule has 3 aromatic rings. The number of rotatable bonds is 4. The van der Waals surface area contributed by atoms with Crippen LogP contribution in [-0.4, -0.2) is 10.2 Å². The fourth-order valence-electron chi connectivity index (χ4n) is 1.90. The zero-order valence-electron chi connectivity index (χ0n) is 10.4. The van der Waals surface area contributed by atoms with Gasteiger partial charge < -0.3 is 5.32 Å². The molecule has 0 unspecified atom stereocenters. The molecule has 0 saturated heterocycles. The van der Waals surface area contributed by atoms with E-state index in [9.17, 15) is 4.39 Å². The maximum atomic E-state index is 13.2. The number of nitrogens with zero attached hydrogens (tertiary/aromatic N) is 1. The van der Waals surface area contributed by atoms with Crippen molar-refractivity contribution in [2.75, 3.05) is 5.32 Å². The number of H-pyrrole nitrogens is 1. The number of aromatic amines is 1. The second-order valence-electron chi connectivity index (χ2n) is 4.23. The summed E-state index contributed by atoms with van der Waals surface area (Å²) in [6.07, 6.45) is 1.76. The van der Waals surface area contributed by atoms with E-state index in [1.54, 1.807) is 17.5 Å². The molecule has 0 spiro atoms. The molecule has 0 aliphatic carbocycles. The van der Waals surface area contributed by atoms with Crippen molar-refractivity contribution in [3.8, 4) is 10.6 Å². The van der Waals surface area contributed by atoms with Crippen LogP contribution in [0, 0.1) is 5.82 Å². The van der Waals surface area contributed by atoms with E-state index in [0.717, 1.165) is 16.1 Å². The van der Waals surface area contributed by atoms with E-state index in [4.69, 9.17) is 11.6 Å². The average molecular weight is 308 g/mol. The van der Waals surface area contributed by atoms with E-state index in [2.05, 4.69) is 15.5 Å². The SMILES string of the molecule is Fc1ccc(Cl)c(NCc2cn[nH]c2-c2cccs2)c1. The van der Waals surface area contributed by atoms with Crippen LogP contribution in [0.25, 0.3) is 10.6 Å². The highest BCUT2D eigenvalue weighted by atomic mass is 35.5. The summed E-state index contributed by atoms with van der Waals surface area (Å²) in [6, 6.07) is 8.27. The zero-order valence-corrected chi connectivity index (χ0v) is 11.9. The lowest BCUT2D eigenvalue weighted by Crippen LogP contribution is -2.00. The molecule has 20 heavy (non-hydrogen) atoms. The number of benzene rings is 1. The Morgan fingerprint density at radius 3 is 3.05 bits per heavy atom. The molecule has 0 aliphatic rings. The van der Waals surface area contributed by atoms with Gasteiger partial charge in [0.15, 0.2) is 0 Å². The summed E-state index contributed by atoms with van der Waals surface area (Å²) in [5.74, 6) is -0.317. The maximum absolute atomic E-state index is 13.2. The molecule has 1 aromatic carbocycles. The van der Waals surface area contributed by atoms with Crippen molar-refractivity contribution in [2.45, 2.75) is 6.54 Å². The Balaban J connectivity index is 1.79. The quantitative estimate of drug-likeness (QED) is 0.743. The van der Waals surface area contributed by atoms with Gasteiger partial charge in [-0.2, -0.15) is 5.10 Å². The first kappa shape index (κ1) is 13.1. The average Bonchev–Trinajstić information content (AvgIpc) is 3.09. The van der Waals surface area contributed by atoms with Crippen LogP contribution < -0.4 is 5.32 Å². The van der Waals surface area contributed by atoms with Crippen molar-refractivity contribution in [2.24, 2.45) is 0 Å². The van der Waals surface area contributed by atoms with Crippen LogP contribution in [0.2, 0.25) is 5.02 Å². The minimum atomic E-state index is -0.317. The second-order valence-corrected chi connectivity index (χ2v) is 5.58. The van der Waals surface area contributed by atoms with Crippen molar-refractivity contribution in [1.29, 1.82) is 0 Å². The zero-order chi connectivity index (χ0) is 13.9. The highest BCUT2D eigenvalue weighted by Gasteiger charge is 2.09. The first-order valence-corrected chi connectivity index (χ1v) is 7.25. The Labute approximate surface area is 124 Å². The van der Waals surface area contributed by atoms with E-state index >= 15 is 0 Å². The third kappa shape index (κ3) is 2.69. The van der Waals surface area contributed by atoms with Crippen molar-refractivity contribution in [3.63, 3.8) is 0 Å². The van der Waals surface area contributed by atoms with Crippen molar-refractivity contribution in [1.82, 2.24) is 10.2 Å². The van der Waals surface area contributed by atoms with Crippen molar-refractivity contribution >= 4 is 28.6 Å². The van der Waals surface area contributed by atoms with Crippen molar-refractivity contribution in [3.05, 3.63) is 58.3 Å². The number of hydrogen-bond acceptors (Lipinski definition) is 3. The lowest BCUT2D eigenvalue weighted by Gasteiger charge is -2.08. The summed E-state index contributed by atoms with van der Waals surface area (Å²) in [6.45, 7) is 0.521. The summed E-state index contributed by atoms with van der Waals surface area (Å²) in [4.78, 5) is 1.12. The molecule has 0 aliphatic heterocycles. The van der Waals surface area contributed by atoms with Gasteiger partial charge in [-0.15, -0.1) is 11.3 Å². The number of nitrogens with one attached hydrogen (secondary N) is 2. The van der Waals surface area contributed by atoms with Gasteiger partial charge in [-0.05, 0) is 29.6 Å². The van der Waals surface area contributed by atoms with E-state index < -0.39 is 0 Å². The summed E-state index contributed by atoms with van der Waals surface area (Å²) < 4.78 is 13.2. The number of anilines is 1.